The van der Waals surface area contributed by atoms with Crippen molar-refractivity contribution in [1.29, 1.82) is 0 Å². The molecule has 0 saturated carbocycles. The van der Waals surface area contributed by atoms with Gasteiger partial charge in [0, 0.05) is 6.20 Å². The van der Waals surface area contributed by atoms with E-state index in [1.807, 2.05) is 46.3 Å². The Hall–Kier alpha value is -2.21. The minimum atomic E-state index is -0.183. The molecule has 3 heterocycles. The molecule has 0 saturated heterocycles. The molecular weight excluding hydrogens is 284 g/mol. The number of nitrogens with one attached hydrogen (secondary N) is 1. The molecule has 0 bridgehead atoms. The van der Waals surface area contributed by atoms with Gasteiger partial charge in [-0.05, 0) is 29.5 Å². The molecule has 0 aliphatic carbocycles. The van der Waals surface area contributed by atoms with E-state index in [0.29, 0.717) is 4.88 Å². The summed E-state index contributed by atoms with van der Waals surface area (Å²) in [5.74, 6) is 0.892. The minimum Gasteiger partial charge on any atom is -0.341 e. The summed E-state index contributed by atoms with van der Waals surface area (Å²) in [7, 11) is 0. The Morgan fingerprint density at radius 1 is 1.24 bits per heavy atom. The van der Waals surface area contributed by atoms with Crippen LogP contribution >= 0.6 is 11.3 Å². The maximum absolute atomic E-state index is 12.3. The summed E-state index contributed by atoms with van der Waals surface area (Å²) in [6.07, 6.45) is 1.91. The van der Waals surface area contributed by atoms with E-state index in [2.05, 4.69) is 29.4 Å². The van der Waals surface area contributed by atoms with Gasteiger partial charge in [-0.1, -0.05) is 26.0 Å². The highest BCUT2D eigenvalue weighted by Crippen LogP contribution is 2.22. The molecule has 6 heteroatoms. The molecule has 0 fully saturated rings. The van der Waals surface area contributed by atoms with Crippen molar-refractivity contribution in [2.75, 3.05) is 0 Å². The number of thiophene rings is 1. The Morgan fingerprint density at radius 2 is 2.10 bits per heavy atom. The monoisotopic (exact) mass is 300 g/mol. The van der Waals surface area contributed by atoms with E-state index < -0.39 is 0 Å². The van der Waals surface area contributed by atoms with Gasteiger partial charge >= 0.3 is 0 Å². The summed E-state index contributed by atoms with van der Waals surface area (Å²) < 4.78 is 1.92. The van der Waals surface area contributed by atoms with Crippen LogP contribution < -0.4 is 5.32 Å². The predicted molar refractivity (Wildman–Crippen MR) is 82.4 cm³/mol. The maximum Gasteiger partial charge on any atom is 0.261 e. The molecule has 108 valence electrons. The molecule has 5 nitrogen and oxygen atoms in total. The third-order valence-electron chi connectivity index (χ3n) is 3.32. The third kappa shape index (κ3) is 2.67. The highest BCUT2D eigenvalue weighted by molar-refractivity contribution is 7.12. The first-order valence-electron chi connectivity index (χ1n) is 6.81. The van der Waals surface area contributed by atoms with Crippen molar-refractivity contribution >= 4 is 22.9 Å². The molecule has 1 atom stereocenters. The third-order valence-corrected chi connectivity index (χ3v) is 4.19. The number of hydrogen-bond donors (Lipinski definition) is 1. The predicted octanol–water partition coefficient (Wildman–Crippen LogP) is 2.92. The molecule has 3 aromatic heterocycles. The van der Waals surface area contributed by atoms with Gasteiger partial charge in [0.25, 0.3) is 5.91 Å². The summed E-state index contributed by atoms with van der Waals surface area (Å²) in [6.45, 7) is 4.12. The Morgan fingerprint density at radius 3 is 2.81 bits per heavy atom. The van der Waals surface area contributed by atoms with E-state index in [9.17, 15) is 4.79 Å². The summed E-state index contributed by atoms with van der Waals surface area (Å²) in [6, 6.07) is 9.25. The number of hydrogen-bond acceptors (Lipinski definition) is 4. The molecule has 1 N–H and O–H groups in total. The van der Waals surface area contributed by atoms with Crippen LogP contribution in [0.25, 0.3) is 5.65 Å². The van der Waals surface area contributed by atoms with Crippen molar-refractivity contribution in [2.24, 2.45) is 5.92 Å². The second-order valence-electron chi connectivity index (χ2n) is 5.16. The van der Waals surface area contributed by atoms with E-state index in [1.54, 1.807) is 0 Å². The molecule has 0 aromatic carbocycles. The Kier molecular flexibility index (Phi) is 3.70. The average molecular weight is 300 g/mol. The minimum absolute atomic E-state index is 0.0728. The van der Waals surface area contributed by atoms with Gasteiger partial charge in [-0.25, -0.2) is 0 Å². The Bertz CT molecular complexity index is 748. The standard InChI is InChI=1S/C15H16N4OS/c1-10(2)13(16-15(20)11-6-5-9-21-11)14-18-17-12-7-3-4-8-19(12)14/h3-10,13H,1-2H3,(H,16,20)/t13-/m0/s1. The number of pyridine rings is 1. The summed E-state index contributed by atoms with van der Waals surface area (Å²) >= 11 is 1.43. The lowest BCUT2D eigenvalue weighted by atomic mass is 10.0. The molecule has 3 aromatic rings. The summed E-state index contributed by atoms with van der Waals surface area (Å²) in [4.78, 5) is 13.0. The van der Waals surface area contributed by atoms with Crippen LogP contribution in [0.15, 0.2) is 41.9 Å². The van der Waals surface area contributed by atoms with Crippen LogP contribution in [-0.2, 0) is 0 Å². The summed E-state index contributed by atoms with van der Waals surface area (Å²) in [5, 5.41) is 13.4. The fourth-order valence-electron chi connectivity index (χ4n) is 2.22. The lowest BCUT2D eigenvalue weighted by Gasteiger charge is -2.20. The first kappa shape index (κ1) is 13.8. The van der Waals surface area contributed by atoms with Crippen molar-refractivity contribution in [3.63, 3.8) is 0 Å². The van der Waals surface area contributed by atoms with Crippen LogP contribution in [0.3, 0.4) is 0 Å². The number of rotatable bonds is 4. The first-order chi connectivity index (χ1) is 10.2. The van der Waals surface area contributed by atoms with Crippen LogP contribution in [0.4, 0.5) is 0 Å². The molecular formula is C15H16N4OS. The van der Waals surface area contributed by atoms with Gasteiger partial charge in [-0.3, -0.25) is 9.20 Å². The van der Waals surface area contributed by atoms with Crippen molar-refractivity contribution < 1.29 is 4.79 Å². The highest BCUT2D eigenvalue weighted by atomic mass is 32.1. The van der Waals surface area contributed by atoms with Gasteiger partial charge in [0.2, 0.25) is 0 Å². The second-order valence-corrected chi connectivity index (χ2v) is 6.11. The lowest BCUT2D eigenvalue weighted by molar-refractivity contribution is 0.0927. The quantitative estimate of drug-likeness (QED) is 0.806. The number of aromatic nitrogens is 3. The second kappa shape index (κ2) is 5.65. The van der Waals surface area contributed by atoms with Crippen LogP contribution in [0.5, 0.6) is 0 Å². The van der Waals surface area contributed by atoms with E-state index in [0.717, 1.165) is 11.5 Å². The number of carbonyl (C=O) groups excluding carboxylic acids is 1. The largest absolute Gasteiger partial charge is 0.341 e. The normalized spacial score (nSPS) is 12.7. The fraction of sp³-hybridized carbons (Fsp3) is 0.267. The molecule has 3 rings (SSSR count). The Balaban J connectivity index is 1.93. The van der Waals surface area contributed by atoms with Gasteiger partial charge in [-0.15, -0.1) is 21.5 Å². The molecule has 21 heavy (non-hydrogen) atoms. The van der Waals surface area contributed by atoms with Crippen molar-refractivity contribution in [2.45, 2.75) is 19.9 Å². The molecule has 0 unspecified atom stereocenters. The van der Waals surface area contributed by atoms with Gasteiger partial charge in [0.05, 0.1) is 10.9 Å². The first-order valence-corrected chi connectivity index (χ1v) is 7.69. The number of amides is 1. The van der Waals surface area contributed by atoms with Gasteiger partial charge in [-0.2, -0.15) is 0 Å². The van der Waals surface area contributed by atoms with Crippen LogP contribution in [0.1, 0.15) is 35.4 Å². The van der Waals surface area contributed by atoms with E-state index in [-0.39, 0.29) is 17.9 Å². The highest BCUT2D eigenvalue weighted by Gasteiger charge is 2.24. The molecule has 1 amide bonds. The zero-order chi connectivity index (χ0) is 14.8. The van der Waals surface area contributed by atoms with Gasteiger partial charge in [0.1, 0.15) is 0 Å². The molecule has 0 aliphatic heterocycles. The molecule has 0 radical (unpaired) electrons. The van der Waals surface area contributed by atoms with Crippen molar-refractivity contribution in [3.8, 4) is 0 Å². The zero-order valence-electron chi connectivity index (χ0n) is 11.9. The zero-order valence-corrected chi connectivity index (χ0v) is 12.7. The van der Waals surface area contributed by atoms with Gasteiger partial charge < -0.3 is 5.32 Å². The van der Waals surface area contributed by atoms with Crippen LogP contribution in [-0.4, -0.2) is 20.5 Å². The van der Waals surface area contributed by atoms with Crippen molar-refractivity contribution in [3.05, 3.63) is 52.6 Å². The number of nitrogens with zero attached hydrogens (tertiary/aromatic N) is 3. The van der Waals surface area contributed by atoms with E-state index in [1.165, 1.54) is 11.3 Å². The van der Waals surface area contributed by atoms with E-state index >= 15 is 0 Å². The lowest BCUT2D eigenvalue weighted by Crippen LogP contribution is -2.32. The smallest absolute Gasteiger partial charge is 0.261 e. The molecule has 0 aliphatic rings. The Labute approximate surface area is 126 Å². The number of fused-ring (bicyclic) bond motifs is 1. The van der Waals surface area contributed by atoms with Crippen LogP contribution in [0, 0.1) is 5.92 Å². The number of carbonyl (C=O) groups is 1. The summed E-state index contributed by atoms with van der Waals surface area (Å²) in [5.41, 5.74) is 0.781. The average Bonchev–Trinajstić information content (AvgIpc) is 3.14. The molecule has 0 spiro atoms. The SMILES string of the molecule is CC(C)[C@H](NC(=O)c1cccs1)c1nnc2ccccn12. The van der Waals surface area contributed by atoms with Gasteiger partial charge in [0.15, 0.2) is 11.5 Å². The fourth-order valence-corrected chi connectivity index (χ4v) is 2.85. The van der Waals surface area contributed by atoms with Crippen LogP contribution in [0.2, 0.25) is 0 Å². The van der Waals surface area contributed by atoms with E-state index in [4.69, 9.17) is 0 Å². The topological polar surface area (TPSA) is 59.3 Å². The van der Waals surface area contributed by atoms with Crippen molar-refractivity contribution in [1.82, 2.24) is 19.9 Å². The maximum atomic E-state index is 12.3.